The Hall–Kier alpha value is -0.970. The first-order valence-electron chi connectivity index (χ1n) is 4.07. The minimum Gasteiger partial charge on any atom is -0.319 e. The van der Waals surface area contributed by atoms with Gasteiger partial charge >= 0.3 is 11.9 Å². The van der Waals surface area contributed by atoms with Gasteiger partial charge in [-0.25, -0.2) is 4.79 Å². The van der Waals surface area contributed by atoms with E-state index in [0.29, 0.717) is 0 Å². The van der Waals surface area contributed by atoms with Gasteiger partial charge in [0.15, 0.2) is 0 Å². The third kappa shape index (κ3) is 3.56. The number of alkyl halides is 2. The molecule has 0 spiro atoms. The zero-order chi connectivity index (χ0) is 12.1. The summed E-state index contributed by atoms with van der Waals surface area (Å²) in [6.07, 6.45) is 0. The molecule has 7 heteroatoms. The highest BCUT2D eigenvalue weighted by Gasteiger charge is 2.22. The maximum Gasteiger partial charge on any atom is 0.366 e. The van der Waals surface area contributed by atoms with Gasteiger partial charge in [-0.1, -0.05) is 46.0 Å². The number of carbonyl (C=O) groups excluding carboxylic acids is 2. The minimum atomic E-state index is -1.40. The summed E-state index contributed by atoms with van der Waals surface area (Å²) in [5.41, 5.74) is 0.269. The van der Waals surface area contributed by atoms with Crippen LogP contribution in [0.25, 0.3) is 0 Å². The summed E-state index contributed by atoms with van der Waals surface area (Å²) in [6.45, 7) is 0. The van der Waals surface area contributed by atoms with Crippen molar-refractivity contribution in [2.75, 3.05) is 0 Å². The average Bonchev–Trinajstić information content (AvgIpc) is 2.28. The fourth-order valence-electron chi connectivity index (χ4n) is 0.843. The van der Waals surface area contributed by atoms with Crippen molar-refractivity contribution >= 4 is 46.9 Å². The molecule has 0 bridgehead atoms. The highest BCUT2D eigenvalue weighted by Crippen LogP contribution is 2.11. The summed E-state index contributed by atoms with van der Waals surface area (Å²) in [6, 6.07) is 8.06. The van der Waals surface area contributed by atoms with Crippen LogP contribution in [0.4, 0.5) is 0 Å². The number of carbonyl (C=O) groups is 2. The van der Waals surface area contributed by atoms with E-state index in [0.717, 1.165) is 0 Å². The number of benzene rings is 1. The van der Waals surface area contributed by atoms with Crippen LogP contribution in [0.3, 0.4) is 0 Å². The van der Waals surface area contributed by atoms with Crippen LogP contribution in [0.2, 0.25) is 0 Å². The monoisotopic (exact) mass is 281 g/mol. The summed E-state index contributed by atoms with van der Waals surface area (Å²) in [5.74, 6) is -1.72. The van der Waals surface area contributed by atoms with E-state index in [2.05, 4.69) is 4.84 Å². The molecule has 1 aromatic rings. The number of hydroxylamine groups is 1. The molecule has 1 aromatic carbocycles. The number of nitrogens with zero attached hydrogens (tertiary/aromatic N) is 1. The van der Waals surface area contributed by atoms with Gasteiger partial charge in [-0.15, -0.1) is 0 Å². The van der Waals surface area contributed by atoms with Gasteiger partial charge in [-0.3, -0.25) is 4.79 Å². The van der Waals surface area contributed by atoms with Gasteiger partial charge in [0.2, 0.25) is 4.84 Å². The Balaban J connectivity index is 2.65. The Labute approximate surface area is 107 Å². The number of hydrogen-bond donors (Lipinski definition) is 0. The van der Waals surface area contributed by atoms with E-state index in [9.17, 15) is 9.59 Å². The SMILES string of the molecule is O=C(ON(Cl)C(=O)c1ccccc1)C(Cl)Cl. The van der Waals surface area contributed by atoms with Crippen LogP contribution in [0.1, 0.15) is 10.4 Å². The van der Waals surface area contributed by atoms with Crippen molar-refractivity contribution < 1.29 is 14.4 Å². The van der Waals surface area contributed by atoms with Gasteiger partial charge < -0.3 is 4.84 Å². The fraction of sp³-hybridized carbons (Fsp3) is 0.111. The third-order valence-electron chi connectivity index (χ3n) is 1.53. The molecule has 1 amide bonds. The molecule has 0 fully saturated rings. The van der Waals surface area contributed by atoms with Gasteiger partial charge in [0.25, 0.3) is 0 Å². The van der Waals surface area contributed by atoms with Crippen LogP contribution in [-0.2, 0) is 9.63 Å². The first-order valence-corrected chi connectivity index (χ1v) is 5.28. The van der Waals surface area contributed by atoms with E-state index in [1.165, 1.54) is 12.1 Å². The van der Waals surface area contributed by atoms with Crippen LogP contribution in [-0.4, -0.2) is 21.3 Å². The molecule has 86 valence electrons. The fourth-order valence-corrected chi connectivity index (χ4v) is 1.09. The topological polar surface area (TPSA) is 46.6 Å². The molecule has 4 nitrogen and oxygen atoms in total. The van der Waals surface area contributed by atoms with Crippen molar-refractivity contribution in [1.82, 2.24) is 4.58 Å². The highest BCUT2D eigenvalue weighted by molar-refractivity contribution is 6.53. The van der Waals surface area contributed by atoms with Gasteiger partial charge in [0.05, 0.1) is 11.8 Å². The van der Waals surface area contributed by atoms with E-state index in [4.69, 9.17) is 35.0 Å². The predicted octanol–water partition coefficient (Wildman–Crippen LogP) is 2.54. The lowest BCUT2D eigenvalue weighted by atomic mass is 10.2. The van der Waals surface area contributed by atoms with E-state index < -0.39 is 16.7 Å². The molecule has 0 N–H and O–H groups in total. The average molecular weight is 283 g/mol. The maximum atomic E-state index is 11.5. The lowest BCUT2D eigenvalue weighted by Gasteiger charge is -2.12. The molecule has 0 aliphatic rings. The molecule has 0 aromatic heterocycles. The maximum absolute atomic E-state index is 11.5. The number of hydrogen-bond acceptors (Lipinski definition) is 3. The van der Waals surface area contributed by atoms with Gasteiger partial charge in [0, 0.05) is 5.56 Å². The highest BCUT2D eigenvalue weighted by atomic mass is 35.5. The summed E-state index contributed by atoms with van der Waals surface area (Å²) in [5, 5.41) is 0. The van der Waals surface area contributed by atoms with Crippen LogP contribution in [0, 0.1) is 0 Å². The second kappa shape index (κ2) is 5.94. The predicted molar refractivity (Wildman–Crippen MR) is 60.1 cm³/mol. The van der Waals surface area contributed by atoms with E-state index >= 15 is 0 Å². The smallest absolute Gasteiger partial charge is 0.319 e. The van der Waals surface area contributed by atoms with E-state index in [1.54, 1.807) is 18.2 Å². The Morgan fingerprint density at radius 3 is 2.25 bits per heavy atom. The van der Waals surface area contributed by atoms with Crippen molar-refractivity contribution in [3.8, 4) is 0 Å². The molecule has 16 heavy (non-hydrogen) atoms. The minimum absolute atomic E-state index is 0.259. The molecule has 1 rings (SSSR count). The molecule has 0 aliphatic carbocycles. The first-order chi connectivity index (χ1) is 7.52. The summed E-state index contributed by atoms with van der Waals surface area (Å²) in [7, 11) is 0. The molecule has 0 saturated carbocycles. The number of rotatable bonds is 2. The number of amides is 1. The second-order valence-electron chi connectivity index (χ2n) is 2.63. The zero-order valence-corrected chi connectivity index (χ0v) is 10.0. The second-order valence-corrected chi connectivity index (χ2v) is 4.03. The molecule has 0 heterocycles. The van der Waals surface area contributed by atoms with Crippen LogP contribution < -0.4 is 0 Å². The zero-order valence-electron chi connectivity index (χ0n) is 7.77. The lowest BCUT2D eigenvalue weighted by molar-refractivity contribution is -0.160. The van der Waals surface area contributed by atoms with Gasteiger partial charge in [-0.05, 0) is 12.1 Å². The van der Waals surface area contributed by atoms with Crippen LogP contribution in [0.15, 0.2) is 30.3 Å². The van der Waals surface area contributed by atoms with Crippen LogP contribution >= 0.6 is 35.0 Å². The largest absolute Gasteiger partial charge is 0.366 e. The van der Waals surface area contributed by atoms with Crippen molar-refractivity contribution in [3.63, 3.8) is 0 Å². The Kier molecular flexibility index (Phi) is 4.86. The summed E-state index contributed by atoms with van der Waals surface area (Å²) in [4.78, 5) is 25.4. The molecule has 0 unspecified atom stereocenters. The van der Waals surface area contributed by atoms with Crippen molar-refractivity contribution in [3.05, 3.63) is 35.9 Å². The standard InChI is InChI=1S/C9H6Cl3NO3/c10-7(11)9(15)16-13(12)8(14)6-4-2-1-3-5-6/h1-5,7H. The molecule has 0 aliphatic heterocycles. The number of halogens is 3. The summed E-state index contributed by atoms with van der Waals surface area (Å²) >= 11 is 15.9. The first kappa shape index (κ1) is 13.1. The molecular formula is C9H6Cl3NO3. The summed E-state index contributed by atoms with van der Waals surface area (Å²) < 4.78 is 0.259. The third-order valence-corrected chi connectivity index (χ3v) is 2.11. The molecular weight excluding hydrogens is 276 g/mol. The molecule has 0 saturated heterocycles. The molecule has 0 radical (unpaired) electrons. The Morgan fingerprint density at radius 1 is 1.19 bits per heavy atom. The van der Waals surface area contributed by atoms with Crippen molar-refractivity contribution in [1.29, 1.82) is 0 Å². The van der Waals surface area contributed by atoms with Gasteiger partial charge in [-0.2, -0.15) is 0 Å². The normalized spacial score (nSPS) is 10.0. The van der Waals surface area contributed by atoms with Gasteiger partial charge in [0.1, 0.15) is 0 Å². The quantitative estimate of drug-likeness (QED) is 0.476. The Morgan fingerprint density at radius 2 is 1.75 bits per heavy atom. The molecule has 0 atom stereocenters. The van der Waals surface area contributed by atoms with E-state index in [1.807, 2.05) is 0 Å². The Bertz CT molecular complexity index is 383. The van der Waals surface area contributed by atoms with Crippen molar-refractivity contribution in [2.45, 2.75) is 4.84 Å². The van der Waals surface area contributed by atoms with E-state index in [-0.39, 0.29) is 10.1 Å². The van der Waals surface area contributed by atoms with Crippen molar-refractivity contribution in [2.24, 2.45) is 0 Å². The lowest BCUT2D eigenvalue weighted by Crippen LogP contribution is -2.27. The van der Waals surface area contributed by atoms with Crippen LogP contribution in [0.5, 0.6) is 0 Å².